The van der Waals surface area contributed by atoms with Gasteiger partial charge in [-0.05, 0) is 70.8 Å². The molecule has 0 aliphatic carbocycles. The first kappa shape index (κ1) is 20.2. The van der Waals surface area contributed by atoms with E-state index in [4.69, 9.17) is 0 Å². The number of hydrogen-bond donors (Lipinski definition) is 0. The molecular formula is C31H28N+. The molecule has 0 aliphatic rings. The quantitative estimate of drug-likeness (QED) is 0.268. The Balaban J connectivity index is 1.77. The average Bonchev–Trinajstić information content (AvgIpc) is 2.83. The van der Waals surface area contributed by atoms with Crippen molar-refractivity contribution < 1.29 is 4.57 Å². The van der Waals surface area contributed by atoms with E-state index in [1.54, 1.807) is 0 Å². The minimum absolute atomic E-state index is 1.25. The maximum Gasteiger partial charge on any atom is 0.220 e. The van der Waals surface area contributed by atoms with Gasteiger partial charge in [-0.15, -0.1) is 0 Å². The van der Waals surface area contributed by atoms with Crippen LogP contribution in [0.4, 0.5) is 0 Å². The van der Waals surface area contributed by atoms with Gasteiger partial charge in [0.1, 0.15) is 7.05 Å². The third-order valence-electron chi connectivity index (χ3n) is 6.67. The Morgan fingerprint density at radius 3 is 1.84 bits per heavy atom. The van der Waals surface area contributed by atoms with Gasteiger partial charge in [0.25, 0.3) is 0 Å². The highest BCUT2D eigenvalue weighted by Crippen LogP contribution is 2.35. The summed E-state index contributed by atoms with van der Waals surface area (Å²) in [6.45, 7) is 6.66. The van der Waals surface area contributed by atoms with Crippen LogP contribution >= 0.6 is 0 Å². The summed E-state index contributed by atoms with van der Waals surface area (Å²) in [5.41, 5.74) is 11.5. The second-order valence-corrected chi connectivity index (χ2v) is 8.69. The molecule has 0 bridgehead atoms. The fourth-order valence-electron chi connectivity index (χ4n) is 4.62. The monoisotopic (exact) mass is 414 g/mol. The first-order chi connectivity index (χ1) is 15.5. The molecule has 1 heteroatoms. The average molecular weight is 415 g/mol. The molecule has 0 N–H and O–H groups in total. The molecule has 0 spiro atoms. The van der Waals surface area contributed by atoms with Crippen molar-refractivity contribution in [1.29, 1.82) is 0 Å². The lowest BCUT2D eigenvalue weighted by Crippen LogP contribution is -2.35. The van der Waals surface area contributed by atoms with E-state index in [-0.39, 0.29) is 0 Å². The Kier molecular flexibility index (Phi) is 5.11. The lowest BCUT2D eigenvalue weighted by molar-refractivity contribution is -0.665. The summed E-state index contributed by atoms with van der Waals surface area (Å²) < 4.78 is 2.33. The minimum atomic E-state index is 1.25. The molecule has 0 saturated heterocycles. The summed E-state index contributed by atoms with van der Waals surface area (Å²) in [6, 6.07) is 35.1. The fourth-order valence-corrected chi connectivity index (χ4v) is 4.62. The number of rotatable bonds is 3. The molecule has 5 rings (SSSR count). The fraction of sp³-hybridized carbons (Fsp3) is 0.129. The third kappa shape index (κ3) is 3.50. The predicted octanol–water partition coefficient (Wildman–Crippen LogP) is 7.59. The number of nitrogens with zero attached hydrogens (tertiary/aromatic N) is 1. The van der Waals surface area contributed by atoms with Crippen LogP contribution in [0.25, 0.3) is 44.3 Å². The largest absolute Gasteiger partial charge is 0.220 e. The molecule has 0 aliphatic heterocycles. The maximum absolute atomic E-state index is 2.36. The van der Waals surface area contributed by atoms with E-state index in [1.807, 2.05) is 0 Å². The molecule has 5 aromatic rings. The van der Waals surface area contributed by atoms with Gasteiger partial charge in [0.05, 0.1) is 10.9 Å². The molecule has 0 radical (unpaired) electrons. The molecule has 0 unspecified atom stereocenters. The smallest absolute Gasteiger partial charge is 0.198 e. The van der Waals surface area contributed by atoms with Gasteiger partial charge in [0.15, 0.2) is 5.69 Å². The highest BCUT2D eigenvalue weighted by Gasteiger charge is 2.21. The van der Waals surface area contributed by atoms with Crippen LogP contribution in [0, 0.1) is 20.8 Å². The lowest BCUT2D eigenvalue weighted by Gasteiger charge is -2.15. The first-order valence-electron chi connectivity index (χ1n) is 11.2. The van der Waals surface area contributed by atoms with Gasteiger partial charge < -0.3 is 0 Å². The first-order valence-corrected chi connectivity index (χ1v) is 11.2. The van der Waals surface area contributed by atoms with E-state index in [0.29, 0.717) is 0 Å². The van der Waals surface area contributed by atoms with Gasteiger partial charge in [-0.2, -0.15) is 4.57 Å². The second kappa shape index (κ2) is 8.09. The van der Waals surface area contributed by atoms with Gasteiger partial charge >= 0.3 is 0 Å². The van der Waals surface area contributed by atoms with Crippen molar-refractivity contribution in [1.82, 2.24) is 0 Å². The summed E-state index contributed by atoms with van der Waals surface area (Å²) >= 11 is 0. The van der Waals surface area contributed by atoms with E-state index in [1.165, 1.54) is 61.1 Å². The minimum Gasteiger partial charge on any atom is -0.198 e. The van der Waals surface area contributed by atoms with Crippen LogP contribution in [0.3, 0.4) is 0 Å². The molecule has 0 amide bonds. The van der Waals surface area contributed by atoms with Crippen molar-refractivity contribution in [2.75, 3.05) is 0 Å². The number of pyridine rings is 1. The molecule has 1 aromatic heterocycles. The van der Waals surface area contributed by atoms with Gasteiger partial charge in [-0.1, -0.05) is 72.8 Å². The number of aryl methyl sites for hydroxylation is 2. The van der Waals surface area contributed by atoms with Crippen LogP contribution in [0.15, 0.2) is 97.1 Å². The molecule has 0 atom stereocenters. The molecule has 1 nitrogen and oxygen atoms in total. The van der Waals surface area contributed by atoms with E-state index in [0.717, 1.165) is 0 Å². The van der Waals surface area contributed by atoms with Crippen molar-refractivity contribution in [2.24, 2.45) is 7.05 Å². The highest BCUT2D eigenvalue weighted by molar-refractivity contribution is 5.97. The molecule has 0 fully saturated rings. The van der Waals surface area contributed by atoms with Crippen LogP contribution < -0.4 is 4.57 Å². The number of aromatic nitrogens is 1. The van der Waals surface area contributed by atoms with Crippen molar-refractivity contribution in [3.05, 3.63) is 114 Å². The maximum atomic E-state index is 2.36. The third-order valence-corrected chi connectivity index (χ3v) is 6.67. The molecule has 0 saturated carbocycles. The van der Waals surface area contributed by atoms with Crippen LogP contribution in [0.1, 0.15) is 16.8 Å². The van der Waals surface area contributed by atoms with Crippen molar-refractivity contribution in [2.45, 2.75) is 20.8 Å². The molecule has 32 heavy (non-hydrogen) atoms. The van der Waals surface area contributed by atoms with Gasteiger partial charge in [-0.3, -0.25) is 0 Å². The number of fused-ring (bicyclic) bond motifs is 1. The Morgan fingerprint density at radius 2 is 1.19 bits per heavy atom. The summed E-state index contributed by atoms with van der Waals surface area (Å²) in [6.07, 6.45) is 0. The summed E-state index contributed by atoms with van der Waals surface area (Å²) in [5, 5.41) is 2.56. The zero-order valence-electron chi connectivity index (χ0n) is 19.2. The predicted molar refractivity (Wildman–Crippen MR) is 136 cm³/mol. The van der Waals surface area contributed by atoms with Gasteiger partial charge in [-0.25, -0.2) is 0 Å². The zero-order chi connectivity index (χ0) is 22.2. The van der Waals surface area contributed by atoms with Crippen molar-refractivity contribution in [3.63, 3.8) is 0 Å². The molecule has 4 aromatic carbocycles. The van der Waals surface area contributed by atoms with Crippen LogP contribution in [0.2, 0.25) is 0 Å². The van der Waals surface area contributed by atoms with Gasteiger partial charge in [0.2, 0.25) is 5.69 Å². The Bertz CT molecular complexity index is 1430. The second-order valence-electron chi connectivity index (χ2n) is 8.69. The Labute approximate surface area is 190 Å². The normalized spacial score (nSPS) is 11.1. The lowest BCUT2D eigenvalue weighted by atomic mass is 9.91. The van der Waals surface area contributed by atoms with E-state index < -0.39 is 0 Å². The highest BCUT2D eigenvalue weighted by atomic mass is 14.9. The topological polar surface area (TPSA) is 3.88 Å². The molecule has 156 valence electrons. The zero-order valence-corrected chi connectivity index (χ0v) is 19.2. The summed E-state index contributed by atoms with van der Waals surface area (Å²) in [5.74, 6) is 0. The number of hydrogen-bond acceptors (Lipinski definition) is 0. The Hall–Kier alpha value is -3.71. The summed E-state index contributed by atoms with van der Waals surface area (Å²) in [7, 11) is 2.18. The Morgan fingerprint density at radius 1 is 0.562 bits per heavy atom. The molecular weight excluding hydrogens is 386 g/mol. The SMILES string of the molecule is Cc1cc(-c2ccccc2)cc(-c2c3ccc(-c4ccccc4)cc3cc(C)[n+]2C)c1C. The van der Waals surface area contributed by atoms with Crippen LogP contribution in [-0.4, -0.2) is 0 Å². The van der Waals surface area contributed by atoms with Crippen molar-refractivity contribution >= 4 is 10.8 Å². The van der Waals surface area contributed by atoms with Gasteiger partial charge in [0, 0.05) is 13.0 Å². The molecule has 1 heterocycles. The van der Waals surface area contributed by atoms with Crippen LogP contribution in [0.5, 0.6) is 0 Å². The van der Waals surface area contributed by atoms with E-state index in [2.05, 4.69) is 129 Å². The number of benzene rings is 4. The van der Waals surface area contributed by atoms with E-state index >= 15 is 0 Å². The van der Waals surface area contributed by atoms with E-state index in [9.17, 15) is 0 Å². The summed E-state index contributed by atoms with van der Waals surface area (Å²) in [4.78, 5) is 0. The van der Waals surface area contributed by atoms with Crippen molar-refractivity contribution in [3.8, 4) is 33.5 Å². The van der Waals surface area contributed by atoms with Crippen LogP contribution in [-0.2, 0) is 7.05 Å². The standard InChI is InChI=1S/C31H28N/c1-21-17-27(25-13-9-6-10-14-25)20-30(23(21)3)31-29-16-15-26(24-11-7-5-8-12-24)19-28(29)18-22(2)32(31)4/h5-20H,1-4H3/q+1.